The van der Waals surface area contributed by atoms with Gasteiger partial charge in [0.2, 0.25) is 5.91 Å². The van der Waals surface area contributed by atoms with Crippen molar-refractivity contribution in [1.82, 2.24) is 10.2 Å². The van der Waals surface area contributed by atoms with Crippen molar-refractivity contribution < 1.29 is 14.4 Å². The van der Waals surface area contributed by atoms with Gasteiger partial charge in [-0.05, 0) is 38.5 Å². The molecular formula is C21H21BrN2O3. The average molecular weight is 429 g/mol. The number of hydrogen-bond acceptors (Lipinski definition) is 3. The van der Waals surface area contributed by atoms with Gasteiger partial charge in [0.05, 0.1) is 16.0 Å². The second-order valence-electron chi connectivity index (χ2n) is 7.52. The minimum atomic E-state index is -1.01. The third-order valence-electron chi connectivity index (χ3n) is 4.27. The molecule has 0 bridgehead atoms. The van der Waals surface area contributed by atoms with E-state index in [1.165, 1.54) is 0 Å². The van der Waals surface area contributed by atoms with Crippen molar-refractivity contribution >= 4 is 33.7 Å². The molecule has 0 aromatic heterocycles. The number of amides is 3. The number of hydrogen-bond donors (Lipinski definition) is 1. The fraction of sp³-hybridized carbons (Fsp3) is 0.286. The molecule has 1 heterocycles. The van der Waals surface area contributed by atoms with Gasteiger partial charge in [0.25, 0.3) is 11.8 Å². The number of benzene rings is 2. The Hall–Kier alpha value is -2.47. The highest BCUT2D eigenvalue weighted by molar-refractivity contribution is 9.09. The summed E-state index contributed by atoms with van der Waals surface area (Å²) in [6.07, 6.45) is 0. The Morgan fingerprint density at radius 1 is 0.926 bits per heavy atom. The van der Waals surface area contributed by atoms with E-state index in [2.05, 4.69) is 21.2 Å². The number of carbonyl (C=O) groups excluding carboxylic acids is 3. The second kappa shape index (κ2) is 7.27. The number of carbonyl (C=O) groups is 3. The zero-order chi connectivity index (χ0) is 19.8. The smallest absolute Gasteiger partial charge is 0.262 e. The van der Waals surface area contributed by atoms with Gasteiger partial charge in [0, 0.05) is 5.54 Å². The predicted molar refractivity (Wildman–Crippen MR) is 107 cm³/mol. The monoisotopic (exact) mass is 428 g/mol. The van der Waals surface area contributed by atoms with Gasteiger partial charge >= 0.3 is 0 Å². The molecule has 1 N–H and O–H groups in total. The largest absolute Gasteiger partial charge is 0.350 e. The topological polar surface area (TPSA) is 66.5 Å². The van der Waals surface area contributed by atoms with Gasteiger partial charge < -0.3 is 5.32 Å². The van der Waals surface area contributed by atoms with Gasteiger partial charge in [-0.2, -0.15) is 0 Å². The molecule has 0 spiro atoms. The fourth-order valence-electron chi connectivity index (χ4n) is 3.10. The number of alkyl halides is 1. The molecule has 3 amide bonds. The molecule has 0 radical (unpaired) electrons. The van der Waals surface area contributed by atoms with Crippen molar-refractivity contribution in [2.24, 2.45) is 0 Å². The lowest BCUT2D eigenvalue weighted by atomic mass is 10.0. The summed E-state index contributed by atoms with van der Waals surface area (Å²) in [5.74, 6) is -1.29. The van der Waals surface area contributed by atoms with E-state index in [1.54, 1.807) is 24.3 Å². The summed E-state index contributed by atoms with van der Waals surface area (Å²) in [4.78, 5) is 39.6. The van der Waals surface area contributed by atoms with Crippen LogP contribution in [0.5, 0.6) is 0 Å². The SMILES string of the molecule is CC(C)(C)NC(=O)C(C(Br)c1ccccc1)N1C(=O)c2ccccc2C1=O. The molecule has 140 valence electrons. The van der Waals surface area contributed by atoms with Gasteiger partial charge in [0.1, 0.15) is 6.04 Å². The zero-order valence-corrected chi connectivity index (χ0v) is 17.0. The van der Waals surface area contributed by atoms with Crippen LogP contribution in [-0.4, -0.2) is 34.2 Å². The van der Waals surface area contributed by atoms with E-state index in [9.17, 15) is 14.4 Å². The zero-order valence-electron chi connectivity index (χ0n) is 15.4. The lowest BCUT2D eigenvalue weighted by Crippen LogP contribution is -2.55. The normalized spacial score (nSPS) is 16.1. The van der Waals surface area contributed by atoms with Crippen LogP contribution in [0.15, 0.2) is 54.6 Å². The summed E-state index contributed by atoms with van der Waals surface area (Å²) in [5.41, 5.74) is 0.952. The lowest BCUT2D eigenvalue weighted by Gasteiger charge is -2.32. The van der Waals surface area contributed by atoms with E-state index >= 15 is 0 Å². The van der Waals surface area contributed by atoms with E-state index < -0.39 is 28.2 Å². The van der Waals surface area contributed by atoms with Gasteiger partial charge in [-0.3, -0.25) is 19.3 Å². The number of rotatable bonds is 4. The first-order valence-corrected chi connectivity index (χ1v) is 9.60. The van der Waals surface area contributed by atoms with Crippen molar-refractivity contribution in [1.29, 1.82) is 0 Å². The van der Waals surface area contributed by atoms with Crippen LogP contribution in [0.25, 0.3) is 0 Å². The standard InChI is InChI=1S/C21H21BrN2O3/c1-21(2,3)23-18(25)17(16(22)13-9-5-4-6-10-13)24-19(26)14-11-7-8-12-15(14)20(24)27/h4-12,16-17H,1-3H3,(H,23,25). The molecule has 1 aliphatic rings. The Bertz CT molecular complexity index is 855. The third-order valence-corrected chi connectivity index (χ3v) is 5.30. The van der Waals surface area contributed by atoms with Crippen LogP contribution in [0, 0.1) is 0 Å². The number of imide groups is 1. The summed E-state index contributed by atoms with van der Waals surface area (Å²) in [6.45, 7) is 5.57. The summed E-state index contributed by atoms with van der Waals surface area (Å²) in [5, 5.41) is 2.90. The molecule has 2 unspecified atom stereocenters. The molecule has 0 saturated carbocycles. The molecule has 3 rings (SSSR count). The molecule has 2 atom stereocenters. The quantitative estimate of drug-likeness (QED) is 0.596. The Labute approximate surface area is 166 Å². The molecule has 0 saturated heterocycles. The van der Waals surface area contributed by atoms with Crippen molar-refractivity contribution in [2.45, 2.75) is 37.2 Å². The molecule has 5 nitrogen and oxygen atoms in total. The highest BCUT2D eigenvalue weighted by Crippen LogP contribution is 2.35. The molecule has 6 heteroatoms. The van der Waals surface area contributed by atoms with Crippen LogP contribution in [0.3, 0.4) is 0 Å². The first-order valence-electron chi connectivity index (χ1n) is 8.68. The predicted octanol–water partition coefficient (Wildman–Crippen LogP) is 3.70. The van der Waals surface area contributed by atoms with Crippen molar-refractivity contribution in [3.8, 4) is 0 Å². The number of fused-ring (bicyclic) bond motifs is 1. The first kappa shape index (κ1) is 19.3. The molecule has 1 aliphatic heterocycles. The lowest BCUT2D eigenvalue weighted by molar-refractivity contribution is -0.126. The van der Waals surface area contributed by atoms with E-state index in [1.807, 2.05) is 51.1 Å². The Balaban J connectivity index is 2.04. The van der Waals surface area contributed by atoms with Crippen molar-refractivity contribution in [2.75, 3.05) is 0 Å². The van der Waals surface area contributed by atoms with Gasteiger partial charge in [-0.25, -0.2) is 0 Å². The maximum Gasteiger partial charge on any atom is 0.262 e. The summed E-state index contributed by atoms with van der Waals surface area (Å²) >= 11 is 3.56. The summed E-state index contributed by atoms with van der Waals surface area (Å²) in [7, 11) is 0. The molecule has 27 heavy (non-hydrogen) atoms. The van der Waals surface area contributed by atoms with E-state index in [4.69, 9.17) is 0 Å². The van der Waals surface area contributed by atoms with Crippen LogP contribution in [0.1, 0.15) is 51.9 Å². The van der Waals surface area contributed by atoms with Crippen LogP contribution in [0.4, 0.5) is 0 Å². The van der Waals surface area contributed by atoms with Gasteiger partial charge in [-0.1, -0.05) is 58.4 Å². The van der Waals surface area contributed by atoms with Gasteiger partial charge in [0.15, 0.2) is 0 Å². The number of nitrogens with zero attached hydrogens (tertiary/aromatic N) is 1. The molecule has 0 aliphatic carbocycles. The minimum Gasteiger partial charge on any atom is -0.350 e. The van der Waals surface area contributed by atoms with Gasteiger partial charge in [-0.15, -0.1) is 0 Å². The van der Waals surface area contributed by atoms with Crippen molar-refractivity contribution in [3.63, 3.8) is 0 Å². The van der Waals surface area contributed by atoms with E-state index in [0.29, 0.717) is 11.1 Å². The van der Waals surface area contributed by atoms with E-state index in [0.717, 1.165) is 10.5 Å². The highest BCUT2D eigenvalue weighted by atomic mass is 79.9. The maximum absolute atomic E-state index is 13.1. The third kappa shape index (κ3) is 3.81. The summed E-state index contributed by atoms with van der Waals surface area (Å²) in [6, 6.07) is 14.9. The Morgan fingerprint density at radius 3 is 1.89 bits per heavy atom. The fourth-order valence-corrected chi connectivity index (χ4v) is 3.89. The van der Waals surface area contributed by atoms with Crippen LogP contribution in [-0.2, 0) is 4.79 Å². The summed E-state index contributed by atoms with van der Waals surface area (Å²) < 4.78 is 0. The van der Waals surface area contributed by atoms with E-state index in [-0.39, 0.29) is 5.91 Å². The molecule has 2 aromatic carbocycles. The minimum absolute atomic E-state index is 0.323. The maximum atomic E-state index is 13.1. The number of halogens is 1. The van der Waals surface area contributed by atoms with Crippen LogP contribution in [0.2, 0.25) is 0 Å². The second-order valence-corrected chi connectivity index (χ2v) is 8.51. The number of nitrogens with one attached hydrogen (secondary N) is 1. The Kier molecular flexibility index (Phi) is 5.20. The Morgan fingerprint density at radius 2 is 1.41 bits per heavy atom. The van der Waals surface area contributed by atoms with Crippen molar-refractivity contribution in [3.05, 3.63) is 71.3 Å². The van der Waals surface area contributed by atoms with Crippen LogP contribution >= 0.6 is 15.9 Å². The van der Waals surface area contributed by atoms with Crippen LogP contribution < -0.4 is 5.32 Å². The molecule has 2 aromatic rings. The molecular weight excluding hydrogens is 408 g/mol. The average Bonchev–Trinajstić information content (AvgIpc) is 2.87. The highest BCUT2D eigenvalue weighted by Gasteiger charge is 2.46. The first-order chi connectivity index (χ1) is 12.7. The molecule has 0 fully saturated rings.